The van der Waals surface area contributed by atoms with Crippen LogP contribution >= 0.6 is 0 Å². The van der Waals surface area contributed by atoms with E-state index in [0.29, 0.717) is 30.8 Å². The van der Waals surface area contributed by atoms with Gasteiger partial charge in [-0.3, -0.25) is 0 Å². The topological polar surface area (TPSA) is 66.7 Å². The molecule has 0 saturated carbocycles. The molecule has 9 heteroatoms. The highest BCUT2D eigenvalue weighted by Crippen LogP contribution is 2.25. The molecule has 1 aromatic heterocycles. The highest BCUT2D eigenvalue weighted by Gasteiger charge is 2.30. The van der Waals surface area contributed by atoms with Gasteiger partial charge in [-0.2, -0.15) is 9.29 Å². The SMILES string of the molecule is O=S(=O)(c1ccc(F)c(F)c1)N1CCN(c2nc3ccccc3o2)CC1. The number of para-hydroxylation sites is 2. The van der Waals surface area contributed by atoms with Crippen LogP contribution in [0.15, 0.2) is 51.8 Å². The van der Waals surface area contributed by atoms with Crippen LogP contribution < -0.4 is 4.90 Å². The maximum atomic E-state index is 13.4. The summed E-state index contributed by atoms with van der Waals surface area (Å²) in [6.07, 6.45) is 0. The third kappa shape index (κ3) is 2.93. The number of sulfonamides is 1. The number of rotatable bonds is 3. The molecule has 0 N–H and O–H groups in total. The first-order chi connectivity index (χ1) is 12.4. The summed E-state index contributed by atoms with van der Waals surface area (Å²) in [6, 6.07) is 10.4. The number of halogens is 2. The summed E-state index contributed by atoms with van der Waals surface area (Å²) in [5, 5.41) is 0. The Morgan fingerprint density at radius 3 is 2.38 bits per heavy atom. The normalized spacial score (nSPS) is 16.3. The minimum absolute atomic E-state index is 0.194. The van der Waals surface area contributed by atoms with E-state index in [2.05, 4.69) is 4.98 Å². The predicted molar refractivity (Wildman–Crippen MR) is 91.3 cm³/mol. The van der Waals surface area contributed by atoms with Crippen LogP contribution in [0, 0.1) is 11.6 Å². The van der Waals surface area contributed by atoms with Gasteiger partial charge in [0.25, 0.3) is 6.01 Å². The number of anilines is 1. The van der Waals surface area contributed by atoms with E-state index in [0.717, 1.165) is 17.6 Å². The van der Waals surface area contributed by atoms with Gasteiger partial charge in [0.05, 0.1) is 4.90 Å². The average molecular weight is 379 g/mol. The first-order valence-corrected chi connectivity index (χ1v) is 9.45. The highest BCUT2D eigenvalue weighted by atomic mass is 32.2. The van der Waals surface area contributed by atoms with E-state index in [9.17, 15) is 17.2 Å². The van der Waals surface area contributed by atoms with Crippen LogP contribution in [0.4, 0.5) is 14.8 Å². The summed E-state index contributed by atoms with van der Waals surface area (Å²) in [5.74, 6) is -2.26. The van der Waals surface area contributed by atoms with Crippen LogP contribution in [-0.2, 0) is 10.0 Å². The van der Waals surface area contributed by atoms with Crippen LogP contribution in [0.25, 0.3) is 11.1 Å². The number of nitrogens with zero attached hydrogens (tertiary/aromatic N) is 3. The van der Waals surface area contributed by atoms with Gasteiger partial charge in [0.15, 0.2) is 17.2 Å². The van der Waals surface area contributed by atoms with Gasteiger partial charge < -0.3 is 9.32 Å². The number of aromatic nitrogens is 1. The molecular weight excluding hydrogens is 364 g/mol. The Hall–Kier alpha value is -2.52. The number of fused-ring (bicyclic) bond motifs is 1. The van der Waals surface area contributed by atoms with Crippen LogP contribution in [-0.4, -0.2) is 43.9 Å². The summed E-state index contributed by atoms with van der Waals surface area (Å²) in [7, 11) is -3.88. The lowest BCUT2D eigenvalue weighted by Crippen LogP contribution is -2.48. The van der Waals surface area contributed by atoms with E-state index in [1.54, 1.807) is 0 Å². The lowest BCUT2D eigenvalue weighted by molar-refractivity contribution is 0.373. The van der Waals surface area contributed by atoms with E-state index in [-0.39, 0.29) is 18.0 Å². The van der Waals surface area contributed by atoms with Gasteiger partial charge in [0, 0.05) is 26.2 Å². The van der Waals surface area contributed by atoms with Crippen LogP contribution in [0.3, 0.4) is 0 Å². The Kier molecular flexibility index (Phi) is 4.12. The Bertz CT molecular complexity index is 1030. The quantitative estimate of drug-likeness (QED) is 0.700. The monoisotopic (exact) mass is 379 g/mol. The van der Waals surface area contributed by atoms with Crippen molar-refractivity contribution in [1.82, 2.24) is 9.29 Å². The lowest BCUT2D eigenvalue weighted by Gasteiger charge is -2.33. The van der Waals surface area contributed by atoms with Crippen molar-refractivity contribution < 1.29 is 21.6 Å². The van der Waals surface area contributed by atoms with Gasteiger partial charge in [-0.25, -0.2) is 17.2 Å². The first kappa shape index (κ1) is 16.9. The zero-order valence-corrected chi connectivity index (χ0v) is 14.4. The molecule has 3 aromatic rings. The third-order valence-electron chi connectivity index (χ3n) is 4.32. The van der Waals surface area contributed by atoms with E-state index in [4.69, 9.17) is 4.42 Å². The van der Waals surface area contributed by atoms with Crippen molar-refractivity contribution in [2.24, 2.45) is 0 Å². The Morgan fingerprint density at radius 2 is 1.69 bits per heavy atom. The zero-order chi connectivity index (χ0) is 18.3. The molecule has 0 radical (unpaired) electrons. The Balaban J connectivity index is 1.51. The predicted octanol–water partition coefficient (Wildman–Crippen LogP) is 2.62. The van der Waals surface area contributed by atoms with Crippen LogP contribution in [0.2, 0.25) is 0 Å². The van der Waals surface area contributed by atoms with E-state index >= 15 is 0 Å². The van der Waals surface area contributed by atoms with Gasteiger partial charge in [0.1, 0.15) is 5.52 Å². The van der Waals surface area contributed by atoms with Crippen molar-refractivity contribution in [2.75, 3.05) is 31.1 Å². The Labute approximate surface area is 148 Å². The summed E-state index contributed by atoms with van der Waals surface area (Å²) in [6.45, 7) is 1.16. The first-order valence-electron chi connectivity index (χ1n) is 8.01. The molecular formula is C17H15F2N3O3S. The number of hydrogen-bond acceptors (Lipinski definition) is 5. The van der Waals surface area contributed by atoms with Gasteiger partial charge in [0.2, 0.25) is 10.0 Å². The summed E-state index contributed by atoms with van der Waals surface area (Å²) in [5.41, 5.74) is 1.40. The Morgan fingerprint density at radius 1 is 0.962 bits per heavy atom. The number of oxazole rings is 1. The second-order valence-electron chi connectivity index (χ2n) is 5.93. The molecule has 2 aromatic carbocycles. The molecule has 0 spiro atoms. The summed E-state index contributed by atoms with van der Waals surface area (Å²) < 4.78 is 58.6. The molecule has 0 bridgehead atoms. The largest absolute Gasteiger partial charge is 0.423 e. The highest BCUT2D eigenvalue weighted by molar-refractivity contribution is 7.89. The maximum absolute atomic E-state index is 13.4. The van der Waals surface area contributed by atoms with Crippen molar-refractivity contribution in [3.05, 3.63) is 54.1 Å². The molecule has 4 rings (SSSR count). The molecule has 136 valence electrons. The number of benzene rings is 2. The lowest BCUT2D eigenvalue weighted by atomic mass is 10.3. The summed E-state index contributed by atoms with van der Waals surface area (Å²) in [4.78, 5) is 6.00. The molecule has 0 atom stereocenters. The van der Waals surface area contributed by atoms with Gasteiger partial charge in [-0.05, 0) is 30.3 Å². The van der Waals surface area contributed by atoms with Gasteiger partial charge >= 0.3 is 0 Å². The van der Waals surface area contributed by atoms with Crippen molar-refractivity contribution in [3.8, 4) is 0 Å². The molecule has 26 heavy (non-hydrogen) atoms. The molecule has 0 amide bonds. The van der Waals surface area contributed by atoms with Crippen LogP contribution in [0.1, 0.15) is 0 Å². The average Bonchev–Trinajstić information content (AvgIpc) is 3.08. The second kappa shape index (κ2) is 6.33. The molecule has 1 aliphatic heterocycles. The molecule has 6 nitrogen and oxygen atoms in total. The van der Waals surface area contributed by atoms with E-state index < -0.39 is 21.7 Å². The van der Waals surface area contributed by atoms with Crippen LogP contribution in [0.5, 0.6) is 0 Å². The molecule has 1 saturated heterocycles. The molecule has 1 fully saturated rings. The molecule has 0 unspecified atom stereocenters. The van der Waals surface area contributed by atoms with Crippen molar-refractivity contribution >= 4 is 27.1 Å². The fraction of sp³-hybridized carbons (Fsp3) is 0.235. The second-order valence-corrected chi connectivity index (χ2v) is 7.87. The van der Waals surface area contributed by atoms with Crippen molar-refractivity contribution in [3.63, 3.8) is 0 Å². The minimum Gasteiger partial charge on any atom is -0.423 e. The standard InChI is InChI=1S/C17H15F2N3O3S/c18-13-6-5-12(11-14(13)19)26(23,24)22-9-7-21(8-10-22)17-20-15-3-1-2-4-16(15)25-17/h1-6,11H,7-10H2. The van der Waals surface area contributed by atoms with E-state index in [1.165, 1.54) is 4.31 Å². The molecule has 2 heterocycles. The summed E-state index contributed by atoms with van der Waals surface area (Å²) >= 11 is 0. The number of hydrogen-bond donors (Lipinski definition) is 0. The molecule has 0 aliphatic carbocycles. The van der Waals surface area contributed by atoms with E-state index in [1.807, 2.05) is 29.2 Å². The smallest absolute Gasteiger partial charge is 0.298 e. The fourth-order valence-corrected chi connectivity index (χ4v) is 4.34. The number of piperazine rings is 1. The third-order valence-corrected chi connectivity index (χ3v) is 6.22. The zero-order valence-electron chi connectivity index (χ0n) is 13.6. The van der Waals surface area contributed by atoms with Crippen molar-refractivity contribution in [2.45, 2.75) is 4.90 Å². The van der Waals surface area contributed by atoms with Gasteiger partial charge in [-0.1, -0.05) is 12.1 Å². The maximum Gasteiger partial charge on any atom is 0.298 e. The van der Waals surface area contributed by atoms with Gasteiger partial charge in [-0.15, -0.1) is 0 Å². The van der Waals surface area contributed by atoms with Crippen molar-refractivity contribution in [1.29, 1.82) is 0 Å². The molecule has 1 aliphatic rings. The fourth-order valence-electron chi connectivity index (χ4n) is 2.90. The minimum atomic E-state index is -3.88.